The smallest absolute Gasteiger partial charge is 0.282 e. The lowest BCUT2D eigenvalue weighted by atomic mass is 10.2. The number of aromatic nitrogens is 1. The molecule has 18 heavy (non-hydrogen) atoms. The van der Waals surface area contributed by atoms with Crippen molar-refractivity contribution in [3.05, 3.63) is 35.0 Å². The molecule has 1 amide bonds. The van der Waals surface area contributed by atoms with Gasteiger partial charge in [-0.05, 0) is 6.07 Å². The molecule has 0 fully saturated rings. The number of fused-ring (bicyclic) bond motifs is 1. The van der Waals surface area contributed by atoms with Crippen molar-refractivity contribution in [3.63, 3.8) is 0 Å². The maximum Gasteiger partial charge on any atom is 0.282 e. The lowest BCUT2D eigenvalue weighted by molar-refractivity contribution is 0.0974. The van der Waals surface area contributed by atoms with Crippen LogP contribution in [0.25, 0.3) is 10.9 Å². The number of amides is 1. The lowest BCUT2D eigenvalue weighted by Gasteiger charge is -2.04. The van der Waals surface area contributed by atoms with Gasteiger partial charge in [-0.3, -0.25) is 4.79 Å². The zero-order valence-corrected chi connectivity index (χ0v) is 11.3. The van der Waals surface area contributed by atoms with Gasteiger partial charge in [0.1, 0.15) is 5.69 Å². The topological polar surface area (TPSA) is 68.2 Å². The fraction of sp³-hybridized carbons (Fsp3) is 0.182. The number of sulfonamides is 1. The standard InChI is InChI=1S/C11H11ClN2O3S/c1-14-8-6-4-3-5-7(8)9(12)10(14)11(15)13-18(2,16)17/h3-6H,1-2H3,(H,13,15). The van der Waals surface area contributed by atoms with E-state index >= 15 is 0 Å². The fourth-order valence-corrected chi connectivity index (χ4v) is 2.62. The van der Waals surface area contributed by atoms with E-state index in [-0.39, 0.29) is 10.7 Å². The number of para-hydroxylation sites is 1. The molecule has 0 bridgehead atoms. The minimum absolute atomic E-state index is 0.128. The highest BCUT2D eigenvalue weighted by Gasteiger charge is 2.21. The second kappa shape index (κ2) is 4.29. The van der Waals surface area contributed by atoms with Gasteiger partial charge in [0.2, 0.25) is 10.0 Å². The number of halogens is 1. The van der Waals surface area contributed by atoms with Gasteiger partial charge < -0.3 is 4.57 Å². The average Bonchev–Trinajstić information content (AvgIpc) is 2.50. The summed E-state index contributed by atoms with van der Waals surface area (Å²) in [6.45, 7) is 0. The first kappa shape index (κ1) is 12.9. The van der Waals surface area contributed by atoms with Crippen LogP contribution in [-0.2, 0) is 17.1 Å². The van der Waals surface area contributed by atoms with E-state index in [0.29, 0.717) is 5.39 Å². The second-order valence-electron chi connectivity index (χ2n) is 3.94. The summed E-state index contributed by atoms with van der Waals surface area (Å²) in [5.74, 6) is -0.735. The zero-order chi connectivity index (χ0) is 13.5. The van der Waals surface area contributed by atoms with Crippen molar-refractivity contribution in [2.45, 2.75) is 0 Å². The summed E-state index contributed by atoms with van der Waals surface area (Å²) in [5, 5.41) is 0.953. The molecule has 0 radical (unpaired) electrons. The summed E-state index contributed by atoms with van der Waals surface area (Å²) in [6, 6.07) is 7.19. The summed E-state index contributed by atoms with van der Waals surface area (Å²) in [7, 11) is -1.96. The molecule has 0 atom stereocenters. The van der Waals surface area contributed by atoms with Gasteiger partial charge in [0.25, 0.3) is 5.91 Å². The van der Waals surface area contributed by atoms with Gasteiger partial charge in [-0.15, -0.1) is 0 Å². The van der Waals surface area contributed by atoms with Crippen molar-refractivity contribution < 1.29 is 13.2 Å². The highest BCUT2D eigenvalue weighted by molar-refractivity contribution is 7.89. The van der Waals surface area contributed by atoms with Gasteiger partial charge in [0, 0.05) is 18.0 Å². The predicted octanol–water partition coefficient (Wildman–Crippen LogP) is 1.52. The van der Waals surface area contributed by atoms with Crippen LogP contribution in [-0.4, -0.2) is 25.1 Å². The normalized spacial score (nSPS) is 11.7. The van der Waals surface area contributed by atoms with Crippen molar-refractivity contribution in [1.29, 1.82) is 0 Å². The number of nitrogens with one attached hydrogen (secondary N) is 1. The maximum absolute atomic E-state index is 11.9. The fourth-order valence-electron chi connectivity index (χ4n) is 1.82. The largest absolute Gasteiger partial charge is 0.338 e. The van der Waals surface area contributed by atoms with Gasteiger partial charge >= 0.3 is 0 Å². The number of hydrogen-bond donors (Lipinski definition) is 1. The molecule has 0 aliphatic heterocycles. The molecule has 96 valence electrons. The third kappa shape index (κ3) is 2.21. The molecule has 1 N–H and O–H groups in total. The van der Waals surface area contributed by atoms with Crippen LogP contribution in [0.1, 0.15) is 10.5 Å². The quantitative estimate of drug-likeness (QED) is 0.910. The number of hydrogen-bond acceptors (Lipinski definition) is 3. The van der Waals surface area contributed by atoms with Crippen LogP contribution < -0.4 is 4.72 Å². The Hall–Kier alpha value is -1.53. The Morgan fingerprint density at radius 2 is 1.94 bits per heavy atom. The molecule has 0 unspecified atom stereocenters. The Kier molecular flexibility index (Phi) is 3.08. The van der Waals surface area contributed by atoms with E-state index in [9.17, 15) is 13.2 Å². The van der Waals surface area contributed by atoms with Crippen molar-refractivity contribution in [2.24, 2.45) is 7.05 Å². The Balaban J connectivity index is 2.62. The van der Waals surface area contributed by atoms with Crippen LogP contribution in [0.15, 0.2) is 24.3 Å². The van der Waals surface area contributed by atoms with E-state index < -0.39 is 15.9 Å². The van der Waals surface area contributed by atoms with Crippen molar-refractivity contribution in [3.8, 4) is 0 Å². The first-order valence-corrected chi connectivity index (χ1v) is 7.33. The Morgan fingerprint density at radius 3 is 2.50 bits per heavy atom. The molecular weight excluding hydrogens is 276 g/mol. The van der Waals surface area contributed by atoms with Crippen LogP contribution in [0.4, 0.5) is 0 Å². The molecule has 0 saturated heterocycles. The molecule has 1 heterocycles. The third-order valence-electron chi connectivity index (χ3n) is 2.54. The first-order valence-electron chi connectivity index (χ1n) is 5.06. The molecule has 0 aliphatic carbocycles. The van der Waals surface area contributed by atoms with Crippen LogP contribution in [0.2, 0.25) is 5.02 Å². The van der Waals surface area contributed by atoms with E-state index in [2.05, 4.69) is 0 Å². The van der Waals surface area contributed by atoms with E-state index in [0.717, 1.165) is 11.8 Å². The molecule has 0 aliphatic rings. The minimum atomic E-state index is -3.61. The number of rotatable bonds is 2. The monoisotopic (exact) mass is 286 g/mol. The number of benzene rings is 1. The molecule has 0 spiro atoms. The third-order valence-corrected chi connectivity index (χ3v) is 3.48. The molecule has 2 aromatic rings. The summed E-state index contributed by atoms with van der Waals surface area (Å²) in [4.78, 5) is 11.9. The van der Waals surface area contributed by atoms with Crippen molar-refractivity contribution in [2.75, 3.05) is 6.26 Å². The van der Waals surface area contributed by atoms with E-state index in [1.807, 2.05) is 10.8 Å². The van der Waals surface area contributed by atoms with Crippen LogP contribution >= 0.6 is 11.6 Å². The Morgan fingerprint density at radius 1 is 1.33 bits per heavy atom. The molecule has 1 aromatic carbocycles. The number of carbonyl (C=O) groups is 1. The van der Waals surface area contributed by atoms with Gasteiger partial charge in [-0.1, -0.05) is 29.8 Å². The maximum atomic E-state index is 11.9. The summed E-state index contributed by atoms with van der Waals surface area (Å²) < 4.78 is 25.6. The molecule has 1 aromatic heterocycles. The highest BCUT2D eigenvalue weighted by Crippen LogP contribution is 2.29. The van der Waals surface area contributed by atoms with Crippen LogP contribution in [0.3, 0.4) is 0 Å². The molecule has 2 rings (SSSR count). The zero-order valence-electron chi connectivity index (χ0n) is 9.77. The van der Waals surface area contributed by atoms with Gasteiger partial charge in [0.15, 0.2) is 0 Å². The van der Waals surface area contributed by atoms with Crippen molar-refractivity contribution >= 4 is 38.4 Å². The predicted molar refractivity (Wildman–Crippen MR) is 70.2 cm³/mol. The second-order valence-corrected chi connectivity index (χ2v) is 6.07. The highest BCUT2D eigenvalue weighted by atomic mass is 35.5. The van der Waals surface area contributed by atoms with Gasteiger partial charge in [-0.25, -0.2) is 13.1 Å². The molecule has 5 nitrogen and oxygen atoms in total. The molecule has 0 saturated carbocycles. The van der Waals surface area contributed by atoms with Gasteiger partial charge in [-0.2, -0.15) is 0 Å². The molecule has 7 heteroatoms. The minimum Gasteiger partial charge on any atom is -0.338 e. The van der Waals surface area contributed by atoms with E-state index in [4.69, 9.17) is 11.6 Å². The number of nitrogens with zero attached hydrogens (tertiary/aromatic N) is 1. The van der Waals surface area contributed by atoms with Crippen molar-refractivity contribution in [1.82, 2.24) is 9.29 Å². The lowest BCUT2D eigenvalue weighted by Crippen LogP contribution is -2.30. The first-order chi connectivity index (χ1) is 8.31. The average molecular weight is 287 g/mol. The van der Waals surface area contributed by atoms with E-state index in [1.165, 1.54) is 0 Å². The van der Waals surface area contributed by atoms with Crippen LogP contribution in [0, 0.1) is 0 Å². The van der Waals surface area contributed by atoms with E-state index in [1.54, 1.807) is 29.8 Å². The Bertz CT molecular complexity index is 695. The summed E-state index contributed by atoms with van der Waals surface area (Å²) in [5.41, 5.74) is 0.893. The van der Waals surface area contributed by atoms with Gasteiger partial charge in [0.05, 0.1) is 11.3 Å². The van der Waals surface area contributed by atoms with Crippen LogP contribution in [0.5, 0.6) is 0 Å². The SMILES string of the molecule is Cn1c(C(=O)NS(C)(=O)=O)c(Cl)c2ccccc21. The number of carbonyl (C=O) groups excluding carboxylic acids is 1. The summed E-state index contributed by atoms with van der Waals surface area (Å²) in [6.07, 6.45) is 0.918. The molecular formula is C11H11ClN2O3S. The Labute approximate surface area is 109 Å². The number of aryl methyl sites for hydroxylation is 1. The summed E-state index contributed by atoms with van der Waals surface area (Å²) >= 11 is 6.11.